The van der Waals surface area contributed by atoms with E-state index in [0.717, 1.165) is 0 Å². The molecule has 4 rings (SSSR count). The quantitative estimate of drug-likeness (QED) is 0.774. The average molecular weight is 248 g/mol. The molecule has 1 atom stereocenters. The van der Waals surface area contributed by atoms with E-state index in [2.05, 4.69) is 59.6 Å². The molecule has 0 amide bonds. The van der Waals surface area contributed by atoms with Crippen molar-refractivity contribution in [3.05, 3.63) is 70.7 Å². The molecule has 1 aliphatic heterocycles. The van der Waals surface area contributed by atoms with Crippen LogP contribution in [0.2, 0.25) is 0 Å². The molecule has 2 aromatic rings. The van der Waals surface area contributed by atoms with E-state index in [0.29, 0.717) is 0 Å². The molecule has 1 aliphatic carbocycles. The van der Waals surface area contributed by atoms with Gasteiger partial charge in [0.15, 0.2) is 0 Å². The van der Waals surface area contributed by atoms with Crippen molar-refractivity contribution in [2.24, 2.45) is 0 Å². The molecule has 0 bridgehead atoms. The minimum absolute atomic E-state index is 0.0587. The second-order valence-corrected chi connectivity index (χ2v) is 5.63. The molecule has 1 fully saturated rings. The van der Waals surface area contributed by atoms with Crippen molar-refractivity contribution in [2.75, 3.05) is 0 Å². The van der Waals surface area contributed by atoms with Crippen LogP contribution in [0.1, 0.15) is 31.2 Å². The monoisotopic (exact) mass is 248 g/mol. The maximum absolute atomic E-state index is 3.83. The molecule has 1 heteroatoms. The Morgan fingerprint density at radius 3 is 2.53 bits per heavy atom. The second-order valence-electron chi connectivity index (χ2n) is 5.63. The predicted molar refractivity (Wildman–Crippen MR) is 75.8 cm³/mol. The first-order chi connectivity index (χ1) is 9.40. The zero-order chi connectivity index (χ0) is 12.7. The van der Waals surface area contributed by atoms with Gasteiger partial charge in [-0.15, -0.1) is 0 Å². The summed E-state index contributed by atoms with van der Waals surface area (Å²) in [5.74, 6) is 0. The number of benzene rings is 2. The van der Waals surface area contributed by atoms with Gasteiger partial charge in [-0.1, -0.05) is 42.5 Å². The van der Waals surface area contributed by atoms with E-state index in [-0.39, 0.29) is 5.54 Å². The summed E-state index contributed by atoms with van der Waals surface area (Å²) >= 11 is 0. The van der Waals surface area contributed by atoms with Gasteiger partial charge in [-0.05, 0) is 25.3 Å². The van der Waals surface area contributed by atoms with Crippen LogP contribution in [0, 0.1) is 0 Å². The summed E-state index contributed by atoms with van der Waals surface area (Å²) in [4.78, 5) is 3.83. The molecule has 19 heavy (non-hydrogen) atoms. The summed E-state index contributed by atoms with van der Waals surface area (Å²) in [5.41, 5.74) is 3.07. The lowest BCUT2D eigenvalue weighted by Crippen LogP contribution is -2.87. The summed E-state index contributed by atoms with van der Waals surface area (Å²) in [5, 5.41) is 2.74. The molecule has 0 saturated heterocycles. The first-order valence-electron chi connectivity index (χ1n) is 7.20. The summed E-state index contributed by atoms with van der Waals surface area (Å²) < 4.78 is 0. The summed E-state index contributed by atoms with van der Waals surface area (Å²) in [6.07, 6.45) is 5.05. The number of hydrogen-bond donors (Lipinski definition) is 1. The van der Waals surface area contributed by atoms with Gasteiger partial charge in [0.25, 0.3) is 0 Å². The molecule has 1 N–H and O–H groups in total. The second kappa shape index (κ2) is 4.06. The largest absolute Gasteiger partial charge is 0.228 e. The molecule has 1 heterocycles. The van der Waals surface area contributed by atoms with Crippen molar-refractivity contribution in [3.8, 4) is 0 Å². The van der Waals surface area contributed by atoms with Gasteiger partial charge in [0.05, 0.1) is 5.22 Å². The number of rotatable bonds is 1. The minimum Gasteiger partial charge on any atom is -0.228 e. The zero-order valence-corrected chi connectivity index (χ0v) is 11.0. The lowest BCUT2D eigenvalue weighted by atomic mass is 9.73. The van der Waals surface area contributed by atoms with Gasteiger partial charge in [0.1, 0.15) is 0 Å². The zero-order valence-electron chi connectivity index (χ0n) is 11.0. The van der Waals surface area contributed by atoms with E-state index in [1.165, 1.54) is 41.8 Å². The Balaban J connectivity index is 2.04. The lowest BCUT2D eigenvalue weighted by molar-refractivity contribution is -0.580. The van der Waals surface area contributed by atoms with Crippen molar-refractivity contribution < 1.29 is 4.99 Å². The Bertz CT molecular complexity index is 730. The van der Waals surface area contributed by atoms with Crippen LogP contribution in [-0.4, -0.2) is 0 Å². The van der Waals surface area contributed by atoms with E-state index in [1.54, 1.807) is 5.57 Å². The molecule has 0 radical (unpaired) electrons. The smallest absolute Gasteiger partial charge is 0.208 e. The van der Waals surface area contributed by atoms with E-state index in [9.17, 15) is 0 Å². The third-order valence-corrected chi connectivity index (χ3v) is 4.61. The molecular formula is C18H18N+. The Morgan fingerprint density at radius 2 is 1.63 bits per heavy atom. The van der Waals surface area contributed by atoms with Crippen molar-refractivity contribution in [1.29, 1.82) is 0 Å². The molecule has 2 aromatic carbocycles. The normalized spacial score (nSPS) is 24.5. The third-order valence-electron chi connectivity index (χ3n) is 4.61. The fourth-order valence-corrected chi connectivity index (χ4v) is 3.76. The topological polar surface area (TPSA) is 14.0 Å². The Morgan fingerprint density at radius 1 is 0.842 bits per heavy atom. The summed E-state index contributed by atoms with van der Waals surface area (Å²) in [6.45, 7) is 0. The molecule has 0 spiro atoms. The van der Waals surface area contributed by atoms with Crippen LogP contribution >= 0.6 is 0 Å². The van der Waals surface area contributed by atoms with E-state index in [4.69, 9.17) is 0 Å². The highest BCUT2D eigenvalue weighted by Crippen LogP contribution is 2.38. The van der Waals surface area contributed by atoms with Crippen molar-refractivity contribution >= 4 is 5.57 Å². The minimum atomic E-state index is 0.0587. The maximum Gasteiger partial charge on any atom is 0.208 e. The van der Waals surface area contributed by atoms with E-state index >= 15 is 0 Å². The van der Waals surface area contributed by atoms with Gasteiger partial charge in [-0.3, -0.25) is 0 Å². The Labute approximate surface area is 113 Å². The third kappa shape index (κ3) is 1.51. The van der Waals surface area contributed by atoms with Gasteiger partial charge in [0.2, 0.25) is 10.9 Å². The molecule has 1 saturated carbocycles. The van der Waals surface area contributed by atoms with E-state index in [1.807, 2.05) is 0 Å². The van der Waals surface area contributed by atoms with Gasteiger partial charge in [-0.25, -0.2) is 4.99 Å². The molecule has 2 aliphatic rings. The predicted octanol–water partition coefficient (Wildman–Crippen LogP) is 1.02. The van der Waals surface area contributed by atoms with E-state index < -0.39 is 0 Å². The van der Waals surface area contributed by atoms with Crippen LogP contribution < -0.4 is 15.6 Å². The molecule has 1 unspecified atom stereocenters. The van der Waals surface area contributed by atoms with Crippen LogP contribution in [0.3, 0.4) is 0 Å². The van der Waals surface area contributed by atoms with Crippen molar-refractivity contribution in [2.45, 2.75) is 31.2 Å². The average Bonchev–Trinajstić information content (AvgIpc) is 2.84. The Hall–Kier alpha value is -1.89. The van der Waals surface area contributed by atoms with Crippen LogP contribution in [0.25, 0.3) is 5.57 Å². The first-order valence-corrected chi connectivity index (χ1v) is 7.20. The first kappa shape index (κ1) is 11.0. The van der Waals surface area contributed by atoms with Crippen LogP contribution in [0.4, 0.5) is 0 Å². The lowest BCUT2D eigenvalue weighted by Gasteiger charge is -2.29. The van der Waals surface area contributed by atoms with Crippen LogP contribution in [0.15, 0.2) is 54.6 Å². The standard InChI is InChI=1S/C18H17N/c1-2-8-14(9-3-1)18-13-7-6-11-16(18)15-10-4-5-12-17(15)19-18/h1-5,8-10,12H,6-7,11,13H2/p+1. The fraction of sp³-hybridized carbons (Fsp3) is 0.278. The molecule has 0 aromatic heterocycles. The van der Waals surface area contributed by atoms with Gasteiger partial charge >= 0.3 is 0 Å². The summed E-state index contributed by atoms with van der Waals surface area (Å²) in [6, 6.07) is 19.7. The SMILES string of the molecule is c1ccc(C23CCCCC2=c2ccccc2=[NH+]3)cc1. The van der Waals surface area contributed by atoms with Gasteiger partial charge < -0.3 is 0 Å². The maximum atomic E-state index is 3.83. The highest BCUT2D eigenvalue weighted by atomic mass is 14.9. The molecule has 94 valence electrons. The number of nitrogens with one attached hydrogen (secondary N) is 1. The number of fused-ring (bicyclic) bond motifs is 2. The fourth-order valence-electron chi connectivity index (χ4n) is 3.76. The number of para-hydroxylation sites is 1. The summed E-state index contributed by atoms with van der Waals surface area (Å²) in [7, 11) is 0. The van der Waals surface area contributed by atoms with Crippen LogP contribution in [-0.2, 0) is 5.54 Å². The molecular weight excluding hydrogens is 230 g/mol. The van der Waals surface area contributed by atoms with Crippen molar-refractivity contribution in [3.63, 3.8) is 0 Å². The van der Waals surface area contributed by atoms with Gasteiger partial charge in [0, 0.05) is 23.6 Å². The highest BCUT2D eigenvalue weighted by Gasteiger charge is 2.46. The number of hydrogen-bond acceptors (Lipinski definition) is 0. The van der Waals surface area contributed by atoms with Crippen molar-refractivity contribution in [1.82, 2.24) is 0 Å². The molecule has 1 nitrogen and oxygen atoms in total. The van der Waals surface area contributed by atoms with Crippen LogP contribution in [0.5, 0.6) is 0 Å². The van der Waals surface area contributed by atoms with Gasteiger partial charge in [-0.2, -0.15) is 0 Å². The highest BCUT2D eigenvalue weighted by molar-refractivity contribution is 5.59. The Kier molecular flexibility index (Phi) is 2.34.